The molecule has 10 nitrogen and oxygen atoms in total. The third-order valence-corrected chi connectivity index (χ3v) is 2.23. The van der Waals surface area contributed by atoms with Gasteiger partial charge in [0.2, 0.25) is 11.8 Å². The number of carbonyl (C=O) groups is 2. The molecule has 0 rings (SSSR count). The predicted molar refractivity (Wildman–Crippen MR) is 90.8 cm³/mol. The van der Waals surface area contributed by atoms with Gasteiger partial charge in [0.05, 0.1) is 31.5 Å². The molecule has 25 heavy (non-hydrogen) atoms. The molecule has 0 radical (unpaired) electrons. The minimum atomic E-state index is -1.84. The van der Waals surface area contributed by atoms with Crippen LogP contribution in [0.2, 0.25) is 0 Å². The van der Waals surface area contributed by atoms with E-state index in [1.807, 2.05) is 0 Å². The van der Waals surface area contributed by atoms with Gasteiger partial charge in [-0.2, -0.15) is 0 Å². The van der Waals surface area contributed by atoms with Crippen molar-refractivity contribution in [3.8, 4) is 0 Å². The Morgan fingerprint density at radius 1 is 0.880 bits per heavy atom. The van der Waals surface area contributed by atoms with Crippen molar-refractivity contribution in [2.75, 3.05) is 13.2 Å². The third-order valence-electron chi connectivity index (χ3n) is 2.23. The zero-order valence-electron chi connectivity index (χ0n) is 14.6. The fourth-order valence-corrected chi connectivity index (χ4v) is 0.765. The summed E-state index contributed by atoms with van der Waals surface area (Å²) in [4.78, 5) is 20.9. The van der Waals surface area contributed by atoms with Crippen molar-refractivity contribution in [1.29, 1.82) is 0 Å². The molecular formula is C15H30N2O8. The molecule has 0 saturated carbocycles. The van der Waals surface area contributed by atoms with Crippen LogP contribution in [0.15, 0.2) is 24.3 Å². The Morgan fingerprint density at radius 3 is 1.24 bits per heavy atom. The van der Waals surface area contributed by atoms with E-state index in [1.54, 1.807) is 0 Å². The van der Waals surface area contributed by atoms with E-state index in [2.05, 4.69) is 0 Å². The van der Waals surface area contributed by atoms with Gasteiger partial charge in [0.15, 0.2) is 0 Å². The lowest BCUT2D eigenvalue weighted by molar-refractivity contribution is -0.114. The average Bonchev–Trinajstić information content (AvgIpc) is 2.51. The van der Waals surface area contributed by atoms with Gasteiger partial charge in [-0.05, 0) is 32.9 Å². The van der Waals surface area contributed by atoms with Crippen LogP contribution in [0.3, 0.4) is 0 Å². The molecule has 3 unspecified atom stereocenters. The number of amides is 2. The normalized spacial score (nSPS) is 16.7. The highest BCUT2D eigenvalue weighted by Crippen LogP contribution is 2.14. The van der Waals surface area contributed by atoms with Gasteiger partial charge in [-0.15, -0.1) is 0 Å². The van der Waals surface area contributed by atoms with E-state index in [1.165, 1.54) is 20.8 Å². The monoisotopic (exact) mass is 366 g/mol. The Labute approximate surface area is 146 Å². The lowest BCUT2D eigenvalue weighted by atomic mass is 9.96. The van der Waals surface area contributed by atoms with Crippen LogP contribution in [-0.4, -0.2) is 79.6 Å². The summed E-state index contributed by atoms with van der Waals surface area (Å²) in [5.41, 5.74) is 7.80. The Hall–Kier alpha value is -1.82. The minimum Gasteiger partial charge on any atom is -0.394 e. The van der Waals surface area contributed by atoms with Crippen LogP contribution >= 0.6 is 0 Å². The van der Waals surface area contributed by atoms with Gasteiger partial charge in [0.25, 0.3) is 0 Å². The SMILES string of the molecule is CC(O)C(O)(C=CC(N)=O)C=CC(N)=O.CC(O)CO.CC(O)CO. The number of primary amides is 2. The first kappa shape index (κ1) is 28.0. The number of hydrogen-bond donors (Lipinski definition) is 8. The first-order chi connectivity index (χ1) is 11.3. The largest absolute Gasteiger partial charge is 0.394 e. The summed E-state index contributed by atoms with van der Waals surface area (Å²) in [5.74, 6) is -1.55. The Balaban J connectivity index is -0.000000396. The average molecular weight is 366 g/mol. The second-order valence-electron chi connectivity index (χ2n) is 5.10. The fourth-order valence-electron chi connectivity index (χ4n) is 0.765. The second-order valence-corrected chi connectivity index (χ2v) is 5.10. The van der Waals surface area contributed by atoms with Crippen LogP contribution < -0.4 is 11.5 Å². The fraction of sp³-hybridized carbons (Fsp3) is 0.600. The molecule has 10 heteroatoms. The minimum absolute atomic E-state index is 0.139. The summed E-state index contributed by atoms with van der Waals surface area (Å²) < 4.78 is 0. The van der Waals surface area contributed by atoms with E-state index in [0.717, 1.165) is 24.3 Å². The lowest BCUT2D eigenvalue weighted by Gasteiger charge is -2.23. The highest BCUT2D eigenvalue weighted by molar-refractivity contribution is 5.87. The molecule has 2 amide bonds. The van der Waals surface area contributed by atoms with E-state index in [4.69, 9.17) is 31.9 Å². The van der Waals surface area contributed by atoms with Crippen molar-refractivity contribution in [1.82, 2.24) is 0 Å². The van der Waals surface area contributed by atoms with Gasteiger partial charge in [-0.25, -0.2) is 0 Å². The summed E-state index contributed by atoms with van der Waals surface area (Å²) in [7, 11) is 0. The summed E-state index contributed by atoms with van der Waals surface area (Å²) in [6.07, 6.45) is 1.41. The van der Waals surface area contributed by atoms with Gasteiger partial charge in [-0.1, -0.05) is 0 Å². The van der Waals surface area contributed by atoms with Gasteiger partial charge in [0.1, 0.15) is 5.60 Å². The van der Waals surface area contributed by atoms with Gasteiger partial charge in [0, 0.05) is 12.2 Å². The highest BCUT2D eigenvalue weighted by Gasteiger charge is 2.26. The molecule has 0 heterocycles. The van der Waals surface area contributed by atoms with E-state index in [9.17, 15) is 19.8 Å². The number of aliphatic hydroxyl groups excluding tert-OH is 5. The maximum atomic E-state index is 10.4. The van der Waals surface area contributed by atoms with Crippen LogP contribution in [-0.2, 0) is 9.59 Å². The molecule has 0 aromatic rings. The summed E-state index contributed by atoms with van der Waals surface area (Å²) in [5, 5.41) is 51.0. The molecule has 0 aliphatic heterocycles. The highest BCUT2D eigenvalue weighted by atomic mass is 16.3. The number of rotatable bonds is 7. The zero-order valence-corrected chi connectivity index (χ0v) is 14.6. The van der Waals surface area contributed by atoms with Crippen LogP contribution in [0, 0.1) is 0 Å². The second kappa shape index (κ2) is 15.7. The van der Waals surface area contributed by atoms with Crippen LogP contribution in [0.4, 0.5) is 0 Å². The molecule has 0 aromatic heterocycles. The summed E-state index contributed by atoms with van der Waals surface area (Å²) in [6, 6.07) is 0. The lowest BCUT2D eigenvalue weighted by Crippen LogP contribution is -2.37. The number of nitrogens with two attached hydrogens (primary N) is 2. The van der Waals surface area contributed by atoms with Crippen molar-refractivity contribution in [2.24, 2.45) is 11.5 Å². The van der Waals surface area contributed by atoms with E-state index >= 15 is 0 Å². The van der Waals surface area contributed by atoms with Crippen molar-refractivity contribution < 1.29 is 40.2 Å². The van der Waals surface area contributed by atoms with Crippen molar-refractivity contribution in [3.05, 3.63) is 24.3 Å². The molecule has 0 aliphatic carbocycles. The molecular weight excluding hydrogens is 336 g/mol. The quantitative estimate of drug-likeness (QED) is 0.216. The molecule has 3 atom stereocenters. The molecule has 0 fully saturated rings. The molecule has 0 aromatic carbocycles. The Kier molecular flexibility index (Phi) is 17.6. The van der Waals surface area contributed by atoms with Crippen LogP contribution in [0.5, 0.6) is 0 Å². The number of hydrogen-bond acceptors (Lipinski definition) is 8. The Bertz CT molecular complexity index is 388. The summed E-state index contributed by atoms with van der Waals surface area (Å²) in [6.45, 7) is 4.07. The van der Waals surface area contributed by atoms with E-state index in [-0.39, 0.29) is 13.2 Å². The molecule has 0 bridgehead atoms. The zero-order chi connectivity index (χ0) is 20.6. The number of carbonyl (C=O) groups excluding carboxylic acids is 2. The molecule has 0 aliphatic rings. The van der Waals surface area contributed by atoms with Crippen molar-refractivity contribution >= 4 is 11.8 Å². The van der Waals surface area contributed by atoms with Crippen LogP contribution in [0.25, 0.3) is 0 Å². The smallest absolute Gasteiger partial charge is 0.241 e. The molecule has 10 N–H and O–H groups in total. The van der Waals surface area contributed by atoms with Crippen LogP contribution in [0.1, 0.15) is 20.8 Å². The predicted octanol–water partition coefficient (Wildman–Crippen LogP) is -3.10. The van der Waals surface area contributed by atoms with Crippen molar-refractivity contribution in [2.45, 2.75) is 44.7 Å². The molecule has 148 valence electrons. The first-order valence-electron chi connectivity index (χ1n) is 7.27. The third kappa shape index (κ3) is 22.2. The van der Waals surface area contributed by atoms with E-state index in [0.29, 0.717) is 0 Å². The van der Waals surface area contributed by atoms with E-state index < -0.39 is 35.7 Å². The standard InChI is InChI=1S/C9H14N2O4.2C3H8O2/c1-6(12)9(15,4-2-7(10)13)5-3-8(11)14;2*1-3(5)2-4/h2-6,12,15H,1H3,(H2,10,13)(H2,11,14);2*3-5H,2H2,1H3. The maximum absolute atomic E-state index is 10.4. The molecule has 0 spiro atoms. The van der Waals surface area contributed by atoms with Crippen molar-refractivity contribution in [3.63, 3.8) is 0 Å². The summed E-state index contributed by atoms with van der Waals surface area (Å²) >= 11 is 0. The maximum Gasteiger partial charge on any atom is 0.241 e. The van der Waals surface area contributed by atoms with Gasteiger partial charge < -0.3 is 42.1 Å². The van der Waals surface area contributed by atoms with Gasteiger partial charge in [-0.3, -0.25) is 9.59 Å². The molecule has 0 saturated heterocycles. The van der Waals surface area contributed by atoms with Gasteiger partial charge >= 0.3 is 0 Å². The topological polar surface area (TPSA) is 208 Å². The number of aliphatic hydroxyl groups is 6. The first-order valence-corrected chi connectivity index (χ1v) is 7.27. The Morgan fingerprint density at radius 2 is 1.12 bits per heavy atom.